The highest BCUT2D eigenvalue weighted by molar-refractivity contribution is 7.81. The van der Waals surface area contributed by atoms with Crippen molar-refractivity contribution in [3.63, 3.8) is 0 Å². The molecule has 7 heteroatoms. The molecule has 5 nitrogen and oxygen atoms in total. The summed E-state index contributed by atoms with van der Waals surface area (Å²) in [7, 11) is -0.995. The second-order valence-corrected chi connectivity index (χ2v) is 3.81. The van der Waals surface area contributed by atoms with Gasteiger partial charge in [0.2, 0.25) is 10.4 Å². The fourth-order valence-electron chi connectivity index (χ4n) is 0.802. The lowest BCUT2D eigenvalue weighted by atomic mass is 9.65. The van der Waals surface area contributed by atoms with E-state index >= 15 is 0 Å². The van der Waals surface area contributed by atoms with Crippen molar-refractivity contribution >= 4 is 17.3 Å². The van der Waals surface area contributed by atoms with Gasteiger partial charge in [0, 0.05) is 6.44 Å². The van der Waals surface area contributed by atoms with Crippen molar-refractivity contribution in [2.24, 2.45) is 0 Å². The highest BCUT2D eigenvalue weighted by Crippen LogP contribution is 1.99. The molecule has 0 N–H and O–H groups in total. The van der Waals surface area contributed by atoms with Crippen LogP contribution in [0.3, 0.4) is 0 Å². The average molecular weight is 194 g/mol. The van der Waals surface area contributed by atoms with Gasteiger partial charge in [-0.2, -0.15) is 0 Å². The molecule has 0 fully saturated rings. The van der Waals surface area contributed by atoms with Crippen LogP contribution in [0.4, 0.5) is 0 Å². The number of rotatable bonds is 5. The molecule has 12 heavy (non-hydrogen) atoms. The molecule has 0 aliphatic heterocycles. The molecule has 0 aliphatic rings. The molecule has 0 unspecified atom stereocenters. The first-order valence-corrected chi connectivity index (χ1v) is 4.97. The van der Waals surface area contributed by atoms with Crippen LogP contribution in [0.1, 0.15) is 6.92 Å². The maximum atomic E-state index is 10.2. The Hall–Kier alpha value is -0.105. The molecule has 0 aliphatic carbocycles. The molecule has 0 spiro atoms. The van der Waals surface area contributed by atoms with Crippen LogP contribution < -0.4 is 0 Å². The molecule has 0 aromatic carbocycles. The third-order valence-corrected chi connectivity index (χ3v) is 1.79. The zero-order valence-corrected chi connectivity index (χ0v) is 8.30. The monoisotopic (exact) mass is 194 g/mol. The van der Waals surface area contributed by atoms with Gasteiger partial charge in [0.25, 0.3) is 0 Å². The van der Waals surface area contributed by atoms with Gasteiger partial charge in [0.1, 0.15) is 0 Å². The van der Waals surface area contributed by atoms with Gasteiger partial charge in [-0.05, 0) is 20.4 Å². The first-order chi connectivity index (χ1) is 5.35. The molecule has 0 aromatic rings. The molecule has 72 valence electrons. The average Bonchev–Trinajstić information content (AvgIpc) is 1.82. The summed E-state index contributed by atoms with van der Waals surface area (Å²) in [6.45, 7) is 1.22. The fourth-order valence-corrected chi connectivity index (χ4v) is 1.33. The zero-order valence-electron chi connectivity index (χ0n) is 7.48. The molecule has 0 saturated carbocycles. The van der Waals surface area contributed by atoms with Crippen molar-refractivity contribution in [1.29, 1.82) is 0 Å². The largest absolute Gasteiger partial charge is 0.727 e. The second-order valence-electron chi connectivity index (χ2n) is 2.80. The van der Waals surface area contributed by atoms with Gasteiger partial charge < -0.3 is 13.6 Å². The summed E-state index contributed by atoms with van der Waals surface area (Å²) in [6, 6.07) is 0. The van der Waals surface area contributed by atoms with Crippen LogP contribution >= 0.6 is 0 Å². The van der Waals surface area contributed by atoms with Gasteiger partial charge in [-0.25, -0.2) is 8.42 Å². The Morgan fingerprint density at radius 3 is 2.25 bits per heavy atom. The van der Waals surface area contributed by atoms with Gasteiger partial charge in [0.15, 0.2) is 0 Å². The summed E-state index contributed by atoms with van der Waals surface area (Å²) in [5.74, 6) is 0. The van der Waals surface area contributed by atoms with Crippen LogP contribution in [0.5, 0.6) is 0 Å². The van der Waals surface area contributed by atoms with Crippen LogP contribution in [-0.4, -0.2) is 45.3 Å². The van der Waals surface area contributed by atoms with Gasteiger partial charge >= 0.3 is 6.92 Å². The third-order valence-electron chi connectivity index (χ3n) is 1.28. The lowest BCUT2D eigenvalue weighted by molar-refractivity contribution is 0.363. The summed E-state index contributed by atoms with van der Waals surface area (Å²) in [5, 5.41) is 0. The molecule has 0 aromatic heterocycles. The van der Waals surface area contributed by atoms with E-state index in [1.165, 1.54) is 0 Å². The number of nitrogens with zero attached hydrogens (tertiary/aromatic N) is 1. The Labute approximate surface area is 73.8 Å². The minimum atomic E-state index is -4.56. The summed E-state index contributed by atoms with van der Waals surface area (Å²) >= 11 is 0. The minimum absolute atomic E-state index is 0.429. The Balaban J connectivity index is 4.01. The molecule has 0 amide bonds. The van der Waals surface area contributed by atoms with Gasteiger partial charge in [-0.1, -0.05) is 6.92 Å². The van der Waals surface area contributed by atoms with Crippen molar-refractivity contribution in [2.75, 3.05) is 20.5 Å². The van der Waals surface area contributed by atoms with Crippen LogP contribution in [0, 0.1) is 0 Å². The van der Waals surface area contributed by atoms with Crippen molar-refractivity contribution in [2.45, 2.75) is 13.2 Å². The first-order valence-electron chi connectivity index (χ1n) is 3.64. The van der Waals surface area contributed by atoms with Crippen molar-refractivity contribution in [3.05, 3.63) is 0 Å². The van der Waals surface area contributed by atoms with Crippen molar-refractivity contribution in [1.82, 2.24) is 4.90 Å². The van der Waals surface area contributed by atoms with E-state index in [0.29, 0.717) is 12.8 Å². The molecule has 0 atom stereocenters. The normalized spacial score (nSPS) is 12.1. The molecular formula is C5H13BNO4S-. The van der Waals surface area contributed by atoms with Gasteiger partial charge in [-0.3, -0.25) is 0 Å². The Bertz CT molecular complexity index is 215. The van der Waals surface area contributed by atoms with E-state index in [0.717, 1.165) is 0 Å². The van der Waals surface area contributed by atoms with E-state index in [1.807, 2.05) is 0 Å². The fraction of sp³-hybridized carbons (Fsp3) is 1.00. The predicted molar refractivity (Wildman–Crippen MR) is 45.6 cm³/mol. The smallest absolute Gasteiger partial charge is 0.330 e. The topological polar surface area (TPSA) is 69.7 Å². The Morgan fingerprint density at radius 1 is 1.50 bits per heavy atom. The van der Waals surface area contributed by atoms with Crippen molar-refractivity contribution < 1.29 is 17.1 Å². The maximum absolute atomic E-state index is 10.2. The molecule has 0 heterocycles. The van der Waals surface area contributed by atoms with E-state index in [-0.39, 0.29) is 0 Å². The van der Waals surface area contributed by atoms with Crippen LogP contribution in [0.25, 0.3) is 0 Å². The number of hydrogen-bond acceptors (Lipinski definition) is 5. The highest BCUT2D eigenvalue weighted by Gasteiger charge is 2.17. The predicted octanol–water partition coefficient (Wildman–Crippen LogP) is -0.425. The second kappa shape index (κ2) is 4.81. The Morgan fingerprint density at radius 2 is 2.00 bits per heavy atom. The minimum Gasteiger partial charge on any atom is -0.727 e. The summed E-state index contributed by atoms with van der Waals surface area (Å²) in [5.41, 5.74) is 0. The van der Waals surface area contributed by atoms with Crippen LogP contribution in [-0.2, 0) is 14.5 Å². The van der Waals surface area contributed by atoms with E-state index in [4.69, 9.17) is 0 Å². The van der Waals surface area contributed by atoms with E-state index in [2.05, 4.69) is 4.10 Å². The number of hydrogen-bond donors (Lipinski definition) is 0. The molecule has 0 saturated heterocycles. The van der Waals surface area contributed by atoms with Crippen LogP contribution in [0.2, 0.25) is 6.32 Å². The van der Waals surface area contributed by atoms with Crippen LogP contribution in [0.15, 0.2) is 0 Å². The van der Waals surface area contributed by atoms with E-state index < -0.39 is 17.3 Å². The lowest BCUT2D eigenvalue weighted by Crippen LogP contribution is -2.33. The van der Waals surface area contributed by atoms with E-state index in [9.17, 15) is 13.0 Å². The summed E-state index contributed by atoms with van der Waals surface area (Å²) in [4.78, 5) is 1.76. The maximum Gasteiger partial charge on any atom is 0.330 e. The van der Waals surface area contributed by atoms with Gasteiger partial charge in [0.05, 0.1) is 0 Å². The molecular weight excluding hydrogens is 181 g/mol. The first kappa shape index (κ1) is 11.9. The quantitative estimate of drug-likeness (QED) is 0.337. The standard InChI is InChI=1S/C5H14BNO4S/c1-4-6(5-7(2)3)11-12(8,9)10/h4-5H2,1-3H3,(H,8,9,10)/p-1. The SMILES string of the molecule is CCB(CN(C)C)OS(=O)(=O)[O-]. The van der Waals surface area contributed by atoms with Gasteiger partial charge in [-0.15, -0.1) is 0 Å². The Kier molecular flexibility index (Phi) is 4.77. The molecule has 0 bridgehead atoms. The highest BCUT2D eigenvalue weighted by atomic mass is 32.3. The van der Waals surface area contributed by atoms with E-state index in [1.54, 1.807) is 25.9 Å². The lowest BCUT2D eigenvalue weighted by Gasteiger charge is -2.18. The molecule has 0 rings (SSSR count). The summed E-state index contributed by atoms with van der Waals surface area (Å²) in [6.07, 6.45) is 0.928. The summed E-state index contributed by atoms with van der Waals surface area (Å²) < 4.78 is 34.8. The molecule has 0 radical (unpaired) electrons. The van der Waals surface area contributed by atoms with Crippen molar-refractivity contribution in [3.8, 4) is 0 Å². The zero-order chi connectivity index (χ0) is 9.78. The third kappa shape index (κ3) is 6.60.